The van der Waals surface area contributed by atoms with Gasteiger partial charge < -0.3 is 10.3 Å². The second-order valence-electron chi connectivity index (χ2n) is 6.15. The van der Waals surface area contributed by atoms with Crippen molar-refractivity contribution >= 4 is 16.8 Å². The van der Waals surface area contributed by atoms with Gasteiger partial charge in [-0.15, -0.1) is 0 Å². The Labute approximate surface area is 131 Å². The molecular weight excluding hydrogens is 274 g/mol. The molecule has 3 rings (SSSR count). The molecule has 1 saturated heterocycles. The van der Waals surface area contributed by atoms with Crippen LogP contribution < -0.4 is 5.32 Å². The van der Waals surface area contributed by atoms with E-state index in [2.05, 4.69) is 33.4 Å². The van der Waals surface area contributed by atoms with Crippen LogP contribution in [0.5, 0.6) is 0 Å². The van der Waals surface area contributed by atoms with E-state index in [9.17, 15) is 4.79 Å². The summed E-state index contributed by atoms with van der Waals surface area (Å²) in [6.07, 6.45) is 7.98. The second kappa shape index (κ2) is 7.45. The lowest BCUT2D eigenvalue weighted by atomic mass is 10.1. The first-order valence-corrected chi connectivity index (χ1v) is 8.37. The molecule has 0 unspecified atom stereocenters. The number of amides is 1. The Balaban J connectivity index is 1.45. The predicted molar refractivity (Wildman–Crippen MR) is 89.9 cm³/mol. The molecule has 118 valence electrons. The Morgan fingerprint density at radius 3 is 2.73 bits per heavy atom. The summed E-state index contributed by atoms with van der Waals surface area (Å²) >= 11 is 0. The monoisotopic (exact) mass is 299 g/mol. The number of carbonyl (C=O) groups excluding carboxylic acids is 1. The number of carbonyl (C=O) groups is 1. The molecule has 0 bridgehead atoms. The molecule has 1 aliphatic rings. The summed E-state index contributed by atoms with van der Waals surface area (Å²) in [6.45, 7) is 3.38. The van der Waals surface area contributed by atoms with E-state index in [4.69, 9.17) is 0 Å². The predicted octanol–water partition coefficient (Wildman–Crippen LogP) is 2.70. The molecule has 0 radical (unpaired) electrons. The van der Waals surface area contributed by atoms with E-state index in [1.807, 2.05) is 12.3 Å². The summed E-state index contributed by atoms with van der Waals surface area (Å²) in [6, 6.07) is 8.29. The highest BCUT2D eigenvalue weighted by molar-refractivity contribution is 5.83. The van der Waals surface area contributed by atoms with Crippen LogP contribution >= 0.6 is 0 Å². The first-order chi connectivity index (χ1) is 10.8. The third kappa shape index (κ3) is 3.89. The molecule has 1 fully saturated rings. The van der Waals surface area contributed by atoms with Crippen LogP contribution in [-0.2, 0) is 11.2 Å². The van der Waals surface area contributed by atoms with Crippen molar-refractivity contribution in [1.82, 2.24) is 15.2 Å². The summed E-state index contributed by atoms with van der Waals surface area (Å²) in [5.41, 5.74) is 2.43. The molecule has 1 amide bonds. The highest BCUT2D eigenvalue weighted by Gasteiger charge is 2.12. The number of hydrogen-bond acceptors (Lipinski definition) is 2. The van der Waals surface area contributed by atoms with E-state index in [0.29, 0.717) is 13.1 Å². The van der Waals surface area contributed by atoms with Crippen molar-refractivity contribution in [2.24, 2.45) is 0 Å². The maximum absolute atomic E-state index is 12.1. The molecule has 2 heterocycles. The minimum Gasteiger partial charge on any atom is -0.361 e. The van der Waals surface area contributed by atoms with Gasteiger partial charge in [0.15, 0.2) is 0 Å². The van der Waals surface area contributed by atoms with E-state index in [-0.39, 0.29) is 5.91 Å². The molecule has 0 aliphatic carbocycles. The van der Waals surface area contributed by atoms with E-state index in [1.165, 1.54) is 36.6 Å². The fraction of sp³-hybridized carbons (Fsp3) is 0.500. The molecule has 4 nitrogen and oxygen atoms in total. The van der Waals surface area contributed by atoms with E-state index >= 15 is 0 Å². The summed E-state index contributed by atoms with van der Waals surface area (Å²) in [5, 5.41) is 4.31. The van der Waals surface area contributed by atoms with Crippen LogP contribution in [0.25, 0.3) is 10.9 Å². The van der Waals surface area contributed by atoms with E-state index in [1.54, 1.807) is 0 Å². The van der Waals surface area contributed by atoms with Gasteiger partial charge in [0.25, 0.3) is 0 Å². The largest absolute Gasteiger partial charge is 0.361 e. The van der Waals surface area contributed by atoms with Gasteiger partial charge >= 0.3 is 0 Å². The molecule has 2 N–H and O–H groups in total. The Morgan fingerprint density at radius 2 is 1.91 bits per heavy atom. The van der Waals surface area contributed by atoms with Crippen LogP contribution in [0, 0.1) is 0 Å². The van der Waals surface area contributed by atoms with Gasteiger partial charge in [-0.3, -0.25) is 9.69 Å². The standard InChI is InChI=1S/C18H25N3O/c22-18(14-21-11-5-1-2-6-12-21)19-10-9-15-13-20-17-8-4-3-7-16(15)17/h3-4,7-8,13,20H,1-2,5-6,9-12,14H2,(H,19,22). The van der Waals surface area contributed by atoms with Crippen LogP contribution in [0.3, 0.4) is 0 Å². The van der Waals surface area contributed by atoms with Crippen molar-refractivity contribution in [3.8, 4) is 0 Å². The second-order valence-corrected chi connectivity index (χ2v) is 6.15. The zero-order chi connectivity index (χ0) is 15.2. The smallest absolute Gasteiger partial charge is 0.234 e. The summed E-state index contributed by atoms with van der Waals surface area (Å²) in [5.74, 6) is 0.154. The molecule has 1 aromatic carbocycles. The molecular formula is C18H25N3O. The van der Waals surface area contributed by atoms with Crippen molar-refractivity contribution in [1.29, 1.82) is 0 Å². The number of nitrogens with one attached hydrogen (secondary N) is 2. The highest BCUT2D eigenvalue weighted by atomic mass is 16.2. The SMILES string of the molecule is O=C(CN1CCCCCC1)NCCc1c[nH]c2ccccc12. The van der Waals surface area contributed by atoms with E-state index in [0.717, 1.165) is 25.0 Å². The van der Waals surface area contributed by atoms with Crippen molar-refractivity contribution in [3.05, 3.63) is 36.0 Å². The van der Waals surface area contributed by atoms with Gasteiger partial charge in [0, 0.05) is 23.6 Å². The number of aromatic amines is 1. The van der Waals surface area contributed by atoms with Crippen LogP contribution in [-0.4, -0.2) is 42.0 Å². The lowest BCUT2D eigenvalue weighted by molar-refractivity contribution is -0.122. The fourth-order valence-electron chi connectivity index (χ4n) is 3.23. The molecule has 0 atom stereocenters. The first-order valence-electron chi connectivity index (χ1n) is 8.37. The number of fused-ring (bicyclic) bond motifs is 1. The highest BCUT2D eigenvalue weighted by Crippen LogP contribution is 2.17. The van der Waals surface area contributed by atoms with Crippen LogP contribution in [0.15, 0.2) is 30.5 Å². The first kappa shape index (κ1) is 15.1. The number of benzene rings is 1. The van der Waals surface area contributed by atoms with Gasteiger partial charge in [-0.1, -0.05) is 31.0 Å². The van der Waals surface area contributed by atoms with Gasteiger partial charge in [0.2, 0.25) is 5.91 Å². The fourth-order valence-corrected chi connectivity index (χ4v) is 3.23. The average molecular weight is 299 g/mol. The Morgan fingerprint density at radius 1 is 1.14 bits per heavy atom. The van der Waals surface area contributed by atoms with E-state index < -0.39 is 0 Å². The minimum atomic E-state index is 0.154. The number of para-hydroxylation sites is 1. The Hall–Kier alpha value is -1.81. The number of hydrogen-bond donors (Lipinski definition) is 2. The number of likely N-dealkylation sites (tertiary alicyclic amines) is 1. The van der Waals surface area contributed by atoms with Gasteiger partial charge in [-0.2, -0.15) is 0 Å². The van der Waals surface area contributed by atoms with Crippen molar-refractivity contribution < 1.29 is 4.79 Å². The van der Waals surface area contributed by atoms with Crippen molar-refractivity contribution in [2.75, 3.05) is 26.2 Å². The van der Waals surface area contributed by atoms with Gasteiger partial charge in [-0.05, 0) is 44.0 Å². The van der Waals surface area contributed by atoms with Crippen LogP contribution in [0.1, 0.15) is 31.2 Å². The maximum atomic E-state index is 12.1. The number of nitrogens with zero attached hydrogens (tertiary/aromatic N) is 1. The normalized spacial score (nSPS) is 16.5. The van der Waals surface area contributed by atoms with Crippen LogP contribution in [0.4, 0.5) is 0 Å². The third-order valence-corrected chi connectivity index (χ3v) is 4.46. The summed E-state index contributed by atoms with van der Waals surface area (Å²) in [4.78, 5) is 17.6. The lowest BCUT2D eigenvalue weighted by Gasteiger charge is -2.18. The van der Waals surface area contributed by atoms with Gasteiger partial charge in [0.1, 0.15) is 0 Å². The average Bonchev–Trinajstić information content (AvgIpc) is 2.76. The minimum absolute atomic E-state index is 0.154. The zero-order valence-electron chi connectivity index (χ0n) is 13.1. The maximum Gasteiger partial charge on any atom is 0.234 e. The molecule has 0 spiro atoms. The van der Waals surface area contributed by atoms with Crippen molar-refractivity contribution in [3.63, 3.8) is 0 Å². The number of H-pyrrole nitrogens is 1. The van der Waals surface area contributed by atoms with Crippen molar-refractivity contribution in [2.45, 2.75) is 32.1 Å². The molecule has 0 saturated carbocycles. The quantitative estimate of drug-likeness (QED) is 0.892. The van der Waals surface area contributed by atoms with Crippen LogP contribution in [0.2, 0.25) is 0 Å². The topological polar surface area (TPSA) is 48.1 Å². The third-order valence-electron chi connectivity index (χ3n) is 4.46. The van der Waals surface area contributed by atoms with Gasteiger partial charge in [-0.25, -0.2) is 0 Å². The number of rotatable bonds is 5. The molecule has 2 aromatic rings. The molecule has 1 aliphatic heterocycles. The molecule has 4 heteroatoms. The lowest BCUT2D eigenvalue weighted by Crippen LogP contribution is -2.38. The Kier molecular flexibility index (Phi) is 5.11. The van der Waals surface area contributed by atoms with Gasteiger partial charge in [0.05, 0.1) is 6.54 Å². The zero-order valence-corrected chi connectivity index (χ0v) is 13.1. The number of aromatic nitrogens is 1. The summed E-state index contributed by atoms with van der Waals surface area (Å²) in [7, 11) is 0. The Bertz CT molecular complexity index is 612. The molecule has 22 heavy (non-hydrogen) atoms. The summed E-state index contributed by atoms with van der Waals surface area (Å²) < 4.78 is 0. The molecule has 1 aromatic heterocycles.